The van der Waals surface area contributed by atoms with Gasteiger partial charge in [-0.25, -0.2) is 0 Å². The number of methoxy groups -OCH3 is 1. The van der Waals surface area contributed by atoms with Gasteiger partial charge in [0.05, 0.1) is 39.1 Å². The van der Waals surface area contributed by atoms with E-state index in [0.29, 0.717) is 32.7 Å². The Bertz CT molecular complexity index is 795. The second kappa shape index (κ2) is 9.45. The molecule has 2 aliphatic rings. The summed E-state index contributed by atoms with van der Waals surface area (Å²) in [4.78, 5) is 0. The number of aliphatic hydroxyl groups excluding tert-OH is 1. The molecule has 0 bridgehead atoms. The number of hydrogen-bond donors (Lipinski definition) is 1. The Morgan fingerprint density at radius 1 is 1.07 bits per heavy atom. The van der Waals surface area contributed by atoms with E-state index in [1.54, 1.807) is 7.11 Å². The lowest BCUT2D eigenvalue weighted by molar-refractivity contribution is -0.308. The highest BCUT2D eigenvalue weighted by Crippen LogP contribution is 2.39. The smallest absolute Gasteiger partial charge is 0.184 e. The molecule has 6 heteroatoms. The maximum atomic E-state index is 10.6. The molecule has 2 aromatic carbocycles. The lowest BCUT2D eigenvalue weighted by Gasteiger charge is -2.44. The summed E-state index contributed by atoms with van der Waals surface area (Å²) in [7, 11) is 1.64. The fraction of sp³-hybridized carbons (Fsp3) is 0.500. The van der Waals surface area contributed by atoms with E-state index in [-0.39, 0.29) is 6.10 Å². The van der Waals surface area contributed by atoms with Crippen LogP contribution in [-0.4, -0.2) is 49.3 Å². The molecule has 5 atom stereocenters. The second-order valence-corrected chi connectivity index (χ2v) is 8.16. The zero-order valence-corrected chi connectivity index (χ0v) is 17.5. The minimum absolute atomic E-state index is 0.155. The molecule has 0 aromatic heterocycles. The van der Waals surface area contributed by atoms with Gasteiger partial charge >= 0.3 is 0 Å². The van der Waals surface area contributed by atoms with Crippen LogP contribution < -0.4 is 4.74 Å². The van der Waals surface area contributed by atoms with E-state index in [9.17, 15) is 5.11 Å². The van der Waals surface area contributed by atoms with Crippen molar-refractivity contribution in [2.75, 3.05) is 20.3 Å². The lowest BCUT2D eigenvalue weighted by atomic mass is 9.94. The number of aliphatic hydroxyl groups is 1. The first-order valence-corrected chi connectivity index (χ1v) is 10.5. The standard InChI is InChI=1S/C24H30O6/c1-24-16-28-23(18-6-4-3-5-7-18)29-22(24)13-12-20(25)21(30-24)15-27-14-17-8-10-19(26-2)11-9-17/h3-11,20-23,25H,12-16H2,1-2H3/t20-,21+,22+,23-,24-/m1/s1. The first-order chi connectivity index (χ1) is 14.6. The molecule has 6 nitrogen and oxygen atoms in total. The highest BCUT2D eigenvalue weighted by Gasteiger charge is 2.47. The summed E-state index contributed by atoms with van der Waals surface area (Å²) in [5.41, 5.74) is 1.40. The minimum atomic E-state index is -0.628. The second-order valence-electron chi connectivity index (χ2n) is 8.16. The van der Waals surface area contributed by atoms with Crippen LogP contribution in [0.25, 0.3) is 0 Å². The van der Waals surface area contributed by atoms with Crippen molar-refractivity contribution < 1.29 is 28.8 Å². The topological polar surface area (TPSA) is 66.4 Å². The molecular weight excluding hydrogens is 384 g/mol. The number of ether oxygens (including phenoxy) is 5. The molecule has 1 N–H and O–H groups in total. The summed E-state index contributed by atoms with van der Waals surface area (Å²) in [5, 5.41) is 10.6. The van der Waals surface area contributed by atoms with Gasteiger partial charge in [0.1, 0.15) is 17.5 Å². The fourth-order valence-corrected chi connectivity index (χ4v) is 4.03. The van der Waals surface area contributed by atoms with Crippen LogP contribution >= 0.6 is 0 Å². The van der Waals surface area contributed by atoms with E-state index in [0.717, 1.165) is 16.9 Å². The van der Waals surface area contributed by atoms with Crippen LogP contribution in [0, 0.1) is 0 Å². The van der Waals surface area contributed by atoms with Gasteiger partial charge in [-0.2, -0.15) is 0 Å². The fourth-order valence-electron chi connectivity index (χ4n) is 4.03. The molecule has 0 radical (unpaired) electrons. The lowest BCUT2D eigenvalue weighted by Crippen LogP contribution is -2.53. The molecule has 0 aliphatic carbocycles. The molecule has 2 aliphatic heterocycles. The van der Waals surface area contributed by atoms with Gasteiger partial charge in [0.15, 0.2) is 6.29 Å². The van der Waals surface area contributed by atoms with Gasteiger partial charge in [0, 0.05) is 5.56 Å². The Balaban J connectivity index is 1.35. The highest BCUT2D eigenvalue weighted by atomic mass is 16.7. The largest absolute Gasteiger partial charge is 0.497 e. The van der Waals surface area contributed by atoms with Crippen molar-refractivity contribution in [3.63, 3.8) is 0 Å². The SMILES string of the molecule is COc1ccc(COC[C@@H]2O[C@]3(C)CO[C@@H](c4ccccc4)O[C@H]3CC[C@H]2O)cc1. The van der Waals surface area contributed by atoms with Crippen molar-refractivity contribution in [2.45, 2.75) is 56.6 Å². The first-order valence-electron chi connectivity index (χ1n) is 10.5. The predicted octanol–water partition coefficient (Wildman–Crippen LogP) is 3.62. The third-order valence-electron chi connectivity index (χ3n) is 5.85. The molecule has 2 fully saturated rings. The zero-order chi connectivity index (χ0) is 21.0. The molecule has 2 saturated heterocycles. The summed E-state index contributed by atoms with van der Waals surface area (Å²) < 4.78 is 29.6. The maximum Gasteiger partial charge on any atom is 0.184 e. The molecule has 0 unspecified atom stereocenters. The maximum absolute atomic E-state index is 10.6. The van der Waals surface area contributed by atoms with Crippen LogP contribution in [0.5, 0.6) is 5.75 Å². The van der Waals surface area contributed by atoms with E-state index in [1.165, 1.54) is 0 Å². The van der Waals surface area contributed by atoms with Crippen LogP contribution in [-0.2, 0) is 25.6 Å². The van der Waals surface area contributed by atoms with E-state index in [4.69, 9.17) is 23.7 Å². The average Bonchev–Trinajstić information content (AvgIpc) is 2.90. The van der Waals surface area contributed by atoms with E-state index in [1.807, 2.05) is 61.5 Å². The molecule has 0 saturated carbocycles. The van der Waals surface area contributed by atoms with Gasteiger partial charge in [0.2, 0.25) is 0 Å². The summed E-state index contributed by atoms with van der Waals surface area (Å²) in [5.74, 6) is 0.811. The summed E-state index contributed by atoms with van der Waals surface area (Å²) >= 11 is 0. The Hall–Kier alpha value is -1.96. The van der Waals surface area contributed by atoms with Crippen LogP contribution in [0.4, 0.5) is 0 Å². The van der Waals surface area contributed by atoms with Crippen molar-refractivity contribution in [1.82, 2.24) is 0 Å². The Morgan fingerprint density at radius 3 is 2.57 bits per heavy atom. The number of fused-ring (bicyclic) bond motifs is 1. The van der Waals surface area contributed by atoms with Gasteiger partial charge in [-0.1, -0.05) is 42.5 Å². The van der Waals surface area contributed by atoms with Crippen LogP contribution in [0.2, 0.25) is 0 Å². The van der Waals surface area contributed by atoms with Crippen LogP contribution in [0.1, 0.15) is 37.2 Å². The van der Waals surface area contributed by atoms with E-state index < -0.39 is 24.1 Å². The van der Waals surface area contributed by atoms with Gasteiger partial charge < -0.3 is 28.8 Å². The third kappa shape index (κ3) is 4.85. The normalized spacial score (nSPS) is 31.6. The highest BCUT2D eigenvalue weighted by molar-refractivity contribution is 5.26. The number of hydrogen-bond acceptors (Lipinski definition) is 6. The predicted molar refractivity (Wildman–Crippen MR) is 111 cm³/mol. The molecule has 30 heavy (non-hydrogen) atoms. The summed E-state index contributed by atoms with van der Waals surface area (Å²) in [6.45, 7) is 3.14. The molecule has 0 amide bonds. The third-order valence-corrected chi connectivity index (χ3v) is 5.85. The zero-order valence-electron chi connectivity index (χ0n) is 17.5. The molecular formula is C24H30O6. The monoisotopic (exact) mass is 414 g/mol. The van der Waals surface area contributed by atoms with Gasteiger partial charge in [-0.15, -0.1) is 0 Å². The Labute approximate surface area is 177 Å². The Kier molecular flexibility index (Phi) is 6.71. The Morgan fingerprint density at radius 2 is 1.83 bits per heavy atom. The molecule has 2 aromatic rings. The van der Waals surface area contributed by atoms with Gasteiger partial charge in [0.25, 0.3) is 0 Å². The van der Waals surface area contributed by atoms with Crippen LogP contribution in [0.15, 0.2) is 54.6 Å². The number of rotatable bonds is 6. The summed E-state index contributed by atoms with van der Waals surface area (Å²) in [6, 6.07) is 17.6. The quantitative estimate of drug-likeness (QED) is 0.779. The number of benzene rings is 2. The van der Waals surface area contributed by atoms with E-state index in [2.05, 4.69) is 0 Å². The first kappa shape index (κ1) is 21.3. The van der Waals surface area contributed by atoms with Crippen molar-refractivity contribution in [2.24, 2.45) is 0 Å². The van der Waals surface area contributed by atoms with Crippen molar-refractivity contribution in [3.8, 4) is 5.75 Å². The molecule has 2 heterocycles. The van der Waals surface area contributed by atoms with Crippen LogP contribution in [0.3, 0.4) is 0 Å². The molecule has 4 rings (SSSR count). The van der Waals surface area contributed by atoms with Gasteiger partial charge in [-0.05, 0) is 37.5 Å². The minimum Gasteiger partial charge on any atom is -0.497 e. The van der Waals surface area contributed by atoms with Gasteiger partial charge in [-0.3, -0.25) is 0 Å². The van der Waals surface area contributed by atoms with Crippen molar-refractivity contribution >= 4 is 0 Å². The average molecular weight is 414 g/mol. The molecule has 162 valence electrons. The molecule has 0 spiro atoms. The van der Waals surface area contributed by atoms with E-state index >= 15 is 0 Å². The van der Waals surface area contributed by atoms with Crippen molar-refractivity contribution in [3.05, 3.63) is 65.7 Å². The van der Waals surface area contributed by atoms with Crippen molar-refractivity contribution in [1.29, 1.82) is 0 Å². The summed E-state index contributed by atoms with van der Waals surface area (Å²) in [6.07, 6.45) is -0.302.